The van der Waals surface area contributed by atoms with E-state index in [0.717, 1.165) is 27.6 Å². The molecule has 11 rings (SSSR count). The molecule has 0 radical (unpaired) electrons. The van der Waals surface area contributed by atoms with Crippen molar-refractivity contribution in [3.8, 4) is 22.5 Å². The van der Waals surface area contributed by atoms with Crippen LogP contribution in [0.3, 0.4) is 0 Å². The molecule has 0 fully saturated rings. The van der Waals surface area contributed by atoms with Gasteiger partial charge in [0.25, 0.3) is 0 Å². The zero-order valence-electron chi connectivity index (χ0n) is 24.6. The van der Waals surface area contributed by atoms with Crippen molar-refractivity contribution in [3.05, 3.63) is 146 Å². The first-order valence-electron chi connectivity index (χ1n) is 15.6. The fourth-order valence-corrected chi connectivity index (χ4v) is 8.90. The van der Waals surface area contributed by atoms with Crippen molar-refractivity contribution >= 4 is 77.3 Å². The number of aromatic nitrogens is 2. The Hall–Kier alpha value is -5.71. The monoisotopic (exact) mass is 604 g/mol. The van der Waals surface area contributed by atoms with E-state index in [4.69, 9.17) is 4.42 Å². The highest BCUT2D eigenvalue weighted by Gasteiger charge is 2.28. The van der Waals surface area contributed by atoms with Gasteiger partial charge >= 0.3 is 0 Å². The van der Waals surface area contributed by atoms with Crippen molar-refractivity contribution in [2.45, 2.75) is 9.79 Å². The number of nitrogens with zero attached hydrogens (tertiary/aromatic N) is 2. The van der Waals surface area contributed by atoms with Crippen molar-refractivity contribution < 1.29 is 4.42 Å². The minimum Gasteiger partial charge on any atom is -0.456 e. The van der Waals surface area contributed by atoms with Gasteiger partial charge in [-0.15, -0.1) is 0 Å². The lowest BCUT2D eigenvalue weighted by Gasteiger charge is -2.22. The van der Waals surface area contributed by atoms with Gasteiger partial charge in [0.2, 0.25) is 0 Å². The minimum atomic E-state index is 0.919. The summed E-state index contributed by atoms with van der Waals surface area (Å²) in [4.78, 5) is 2.61. The largest absolute Gasteiger partial charge is 0.456 e. The molecule has 0 amide bonds. The molecule has 4 heterocycles. The molecule has 3 aromatic heterocycles. The summed E-state index contributed by atoms with van der Waals surface area (Å²) in [6, 6.07) is 52.7. The lowest BCUT2D eigenvalue weighted by Crippen LogP contribution is -2.06. The summed E-state index contributed by atoms with van der Waals surface area (Å²) < 4.78 is 11.1. The molecule has 1 aliphatic heterocycles. The van der Waals surface area contributed by atoms with Crippen molar-refractivity contribution in [1.82, 2.24) is 9.13 Å². The lowest BCUT2D eigenvalue weighted by atomic mass is 10.0. The van der Waals surface area contributed by atoms with E-state index in [1.807, 2.05) is 23.9 Å². The molecule has 46 heavy (non-hydrogen) atoms. The zero-order chi connectivity index (χ0) is 29.9. The fraction of sp³-hybridized carbons (Fsp3) is 0. The van der Waals surface area contributed by atoms with Crippen LogP contribution in [0.1, 0.15) is 0 Å². The van der Waals surface area contributed by atoms with Crippen molar-refractivity contribution in [2.24, 2.45) is 0 Å². The first-order valence-corrected chi connectivity index (χ1v) is 16.4. The average Bonchev–Trinajstić information content (AvgIpc) is 3.77. The van der Waals surface area contributed by atoms with Crippen LogP contribution < -0.4 is 0 Å². The number of hydrogen-bond donors (Lipinski definition) is 0. The second-order valence-corrected chi connectivity index (χ2v) is 13.2. The van der Waals surface area contributed by atoms with E-state index in [1.54, 1.807) is 0 Å². The number of furan rings is 1. The quantitative estimate of drug-likeness (QED) is 0.196. The number of benzene rings is 7. The highest BCUT2D eigenvalue weighted by Crippen LogP contribution is 2.51. The molecule has 1 aliphatic rings. The van der Waals surface area contributed by atoms with E-state index in [-0.39, 0.29) is 0 Å². The number of rotatable bonds is 2. The van der Waals surface area contributed by atoms with Gasteiger partial charge in [0.05, 0.1) is 16.7 Å². The first-order chi connectivity index (χ1) is 22.8. The van der Waals surface area contributed by atoms with Gasteiger partial charge in [0.15, 0.2) is 0 Å². The molecule has 0 bridgehead atoms. The van der Waals surface area contributed by atoms with Crippen LogP contribution in [0.15, 0.2) is 160 Å². The standard InChI is InChI=1S/C42H24N2OS/c1-2-9-29-26(8-1)18-22-35-41(29)46-38-15-7-12-32-39-31-11-3-5-13-34(31)43(42(39)44(35)40(32)38)28-20-16-25(17-21-28)27-19-23-37-33(24-27)30-10-4-6-14-36(30)45-37/h1-24H. The Balaban J connectivity index is 1.17. The Morgan fingerprint density at radius 1 is 0.500 bits per heavy atom. The van der Waals surface area contributed by atoms with Crippen LogP contribution in [0.2, 0.25) is 0 Å². The Morgan fingerprint density at radius 3 is 2.15 bits per heavy atom. The molecular formula is C42H24N2OS. The Kier molecular flexibility index (Phi) is 4.78. The first kappa shape index (κ1) is 24.6. The van der Waals surface area contributed by atoms with E-state index in [1.165, 1.54) is 70.2 Å². The van der Waals surface area contributed by atoms with Gasteiger partial charge in [-0.2, -0.15) is 0 Å². The second-order valence-electron chi connectivity index (χ2n) is 12.1. The molecule has 3 nitrogen and oxygen atoms in total. The van der Waals surface area contributed by atoms with Gasteiger partial charge in [-0.1, -0.05) is 109 Å². The van der Waals surface area contributed by atoms with Crippen LogP contribution in [0, 0.1) is 0 Å². The summed E-state index contributed by atoms with van der Waals surface area (Å²) in [5.41, 5.74) is 10.3. The molecule has 4 heteroatoms. The molecule has 0 aliphatic carbocycles. The van der Waals surface area contributed by atoms with E-state index >= 15 is 0 Å². The molecule has 0 unspecified atom stereocenters. The number of para-hydroxylation sites is 3. The lowest BCUT2D eigenvalue weighted by molar-refractivity contribution is 0.669. The maximum atomic E-state index is 6.09. The SMILES string of the molecule is c1ccc2c3c(ccc2c1)-n1c2c(cccc2c2c4ccccc4n(-c4ccc(-c5ccc6oc7ccccc7c6c5)cc4)c21)S3. The Morgan fingerprint density at radius 2 is 1.24 bits per heavy atom. The van der Waals surface area contributed by atoms with Gasteiger partial charge in [0, 0.05) is 42.4 Å². The molecule has 0 spiro atoms. The number of hydrogen-bond acceptors (Lipinski definition) is 2. The maximum Gasteiger partial charge on any atom is 0.135 e. The summed E-state index contributed by atoms with van der Waals surface area (Å²) in [5, 5.41) is 8.73. The molecule has 214 valence electrons. The Labute approximate surface area is 267 Å². The van der Waals surface area contributed by atoms with Gasteiger partial charge in [-0.05, 0) is 70.4 Å². The average molecular weight is 605 g/mol. The van der Waals surface area contributed by atoms with E-state index in [9.17, 15) is 0 Å². The topological polar surface area (TPSA) is 23.0 Å². The third-order valence-corrected chi connectivity index (χ3v) is 10.9. The smallest absolute Gasteiger partial charge is 0.135 e. The molecule has 10 aromatic rings. The molecule has 0 saturated heterocycles. The number of fused-ring (bicyclic) bond motifs is 12. The van der Waals surface area contributed by atoms with Crippen LogP contribution >= 0.6 is 11.8 Å². The zero-order valence-corrected chi connectivity index (χ0v) is 25.4. The summed E-state index contributed by atoms with van der Waals surface area (Å²) in [6.07, 6.45) is 0. The van der Waals surface area contributed by atoms with Crippen molar-refractivity contribution in [3.63, 3.8) is 0 Å². The predicted octanol–water partition coefficient (Wildman–Crippen LogP) is 11.9. The predicted molar refractivity (Wildman–Crippen MR) is 192 cm³/mol. The normalized spacial score (nSPS) is 12.7. The molecular weight excluding hydrogens is 581 g/mol. The highest BCUT2D eigenvalue weighted by atomic mass is 32.2. The second kappa shape index (κ2) is 8.94. The molecule has 7 aromatic carbocycles. The van der Waals surface area contributed by atoms with Crippen LogP contribution in [-0.4, -0.2) is 9.13 Å². The van der Waals surface area contributed by atoms with Crippen molar-refractivity contribution in [1.29, 1.82) is 0 Å². The maximum absolute atomic E-state index is 6.09. The van der Waals surface area contributed by atoms with E-state index < -0.39 is 0 Å². The van der Waals surface area contributed by atoms with E-state index in [2.05, 4.69) is 143 Å². The summed E-state index contributed by atoms with van der Waals surface area (Å²) in [7, 11) is 0. The minimum absolute atomic E-state index is 0.919. The van der Waals surface area contributed by atoms with Gasteiger partial charge in [-0.3, -0.25) is 9.13 Å². The Bertz CT molecular complexity index is 2890. The highest BCUT2D eigenvalue weighted by molar-refractivity contribution is 8.00. The van der Waals surface area contributed by atoms with E-state index in [0.29, 0.717) is 0 Å². The third kappa shape index (κ3) is 3.19. The van der Waals surface area contributed by atoms with Crippen molar-refractivity contribution in [2.75, 3.05) is 0 Å². The van der Waals surface area contributed by atoms with Gasteiger partial charge < -0.3 is 4.42 Å². The van der Waals surface area contributed by atoms with Crippen LogP contribution in [0.4, 0.5) is 0 Å². The summed E-state index contributed by atoms with van der Waals surface area (Å²) >= 11 is 1.89. The summed E-state index contributed by atoms with van der Waals surface area (Å²) in [6.45, 7) is 0. The third-order valence-electron chi connectivity index (χ3n) is 9.70. The fourth-order valence-electron chi connectivity index (χ4n) is 7.68. The van der Waals surface area contributed by atoms with Crippen LogP contribution in [-0.2, 0) is 0 Å². The summed E-state index contributed by atoms with van der Waals surface area (Å²) in [5.74, 6) is 0. The van der Waals surface area contributed by atoms with Crippen LogP contribution in [0.5, 0.6) is 0 Å². The van der Waals surface area contributed by atoms with Gasteiger partial charge in [0.1, 0.15) is 16.8 Å². The molecule has 0 atom stereocenters. The van der Waals surface area contributed by atoms with Crippen LogP contribution in [0.25, 0.3) is 88.1 Å². The molecule has 0 saturated carbocycles. The van der Waals surface area contributed by atoms with Gasteiger partial charge in [-0.25, -0.2) is 0 Å². The molecule has 0 N–H and O–H groups in total.